The van der Waals surface area contributed by atoms with E-state index in [1.165, 1.54) is 0 Å². The SMILES string of the molecule is CCNC(=NCC(C(C)C)N1CCN(C)CC1)NCCCN(C(C)C)C(C)C. The van der Waals surface area contributed by atoms with Crippen LogP contribution in [0.3, 0.4) is 0 Å². The number of guanidine groups is 1. The lowest BCUT2D eigenvalue weighted by Gasteiger charge is -2.39. The van der Waals surface area contributed by atoms with Gasteiger partial charge >= 0.3 is 0 Å². The molecule has 2 N–H and O–H groups in total. The number of piperazine rings is 1. The summed E-state index contributed by atoms with van der Waals surface area (Å²) < 4.78 is 0. The molecule has 1 aliphatic heterocycles. The van der Waals surface area contributed by atoms with Crippen molar-refractivity contribution in [2.24, 2.45) is 10.9 Å². The third kappa shape index (κ3) is 9.10. The molecule has 0 aromatic heterocycles. The molecule has 1 atom stereocenters. The van der Waals surface area contributed by atoms with Crippen LogP contribution in [0.2, 0.25) is 0 Å². The number of nitrogens with zero attached hydrogens (tertiary/aromatic N) is 4. The fraction of sp³-hybridized carbons (Fsp3) is 0.955. The highest BCUT2D eigenvalue weighted by Crippen LogP contribution is 2.14. The molecule has 0 bridgehead atoms. The topological polar surface area (TPSA) is 46.1 Å². The van der Waals surface area contributed by atoms with E-state index in [9.17, 15) is 0 Å². The van der Waals surface area contributed by atoms with Crippen LogP contribution in [-0.4, -0.2) is 98.2 Å². The molecule has 0 radical (unpaired) electrons. The first kappa shape index (κ1) is 25.2. The molecular formula is C22H48N6. The average molecular weight is 397 g/mol. The monoisotopic (exact) mass is 396 g/mol. The van der Waals surface area contributed by atoms with Gasteiger partial charge < -0.3 is 15.5 Å². The summed E-state index contributed by atoms with van der Waals surface area (Å²) in [7, 11) is 2.22. The number of hydrogen-bond donors (Lipinski definition) is 2. The van der Waals surface area contributed by atoms with Crippen LogP contribution in [0.4, 0.5) is 0 Å². The van der Waals surface area contributed by atoms with E-state index in [2.05, 4.69) is 80.8 Å². The van der Waals surface area contributed by atoms with Gasteiger partial charge in [0.2, 0.25) is 0 Å². The predicted octanol–water partition coefficient (Wildman–Crippen LogP) is 2.32. The maximum Gasteiger partial charge on any atom is 0.191 e. The van der Waals surface area contributed by atoms with E-state index < -0.39 is 0 Å². The lowest BCUT2D eigenvalue weighted by atomic mass is 10.0. The van der Waals surface area contributed by atoms with Crippen molar-refractivity contribution in [1.29, 1.82) is 0 Å². The summed E-state index contributed by atoms with van der Waals surface area (Å²) in [6.07, 6.45) is 1.13. The van der Waals surface area contributed by atoms with Crippen molar-refractivity contribution < 1.29 is 0 Å². The highest BCUT2D eigenvalue weighted by atomic mass is 15.3. The van der Waals surface area contributed by atoms with Crippen LogP contribution in [0.25, 0.3) is 0 Å². The molecular weight excluding hydrogens is 348 g/mol. The molecule has 1 aliphatic rings. The first-order valence-corrected chi connectivity index (χ1v) is 11.5. The molecule has 0 spiro atoms. The zero-order valence-corrected chi connectivity index (χ0v) is 20.0. The minimum absolute atomic E-state index is 0.515. The molecule has 1 fully saturated rings. The van der Waals surface area contributed by atoms with Crippen molar-refractivity contribution in [2.75, 3.05) is 59.4 Å². The van der Waals surface area contributed by atoms with E-state index in [1.54, 1.807) is 0 Å². The van der Waals surface area contributed by atoms with Crippen LogP contribution >= 0.6 is 0 Å². The molecule has 0 amide bonds. The van der Waals surface area contributed by atoms with E-state index in [-0.39, 0.29) is 0 Å². The lowest BCUT2D eigenvalue weighted by Crippen LogP contribution is -2.52. The van der Waals surface area contributed by atoms with E-state index in [4.69, 9.17) is 4.99 Å². The van der Waals surface area contributed by atoms with E-state index in [1.807, 2.05) is 0 Å². The Balaban J connectivity index is 2.54. The normalized spacial score (nSPS) is 18.5. The van der Waals surface area contributed by atoms with Gasteiger partial charge in [-0.2, -0.15) is 0 Å². The number of nitrogens with one attached hydrogen (secondary N) is 2. The van der Waals surface area contributed by atoms with Gasteiger partial charge in [0.05, 0.1) is 6.54 Å². The Kier molecular flexibility index (Phi) is 12.0. The number of rotatable bonds is 11. The molecule has 1 unspecified atom stereocenters. The van der Waals surface area contributed by atoms with Crippen LogP contribution in [0.15, 0.2) is 4.99 Å². The van der Waals surface area contributed by atoms with Crippen LogP contribution in [0, 0.1) is 5.92 Å². The van der Waals surface area contributed by atoms with E-state index >= 15 is 0 Å². The number of hydrogen-bond acceptors (Lipinski definition) is 4. The predicted molar refractivity (Wildman–Crippen MR) is 123 cm³/mol. The molecule has 28 heavy (non-hydrogen) atoms. The Morgan fingerprint density at radius 1 is 0.964 bits per heavy atom. The Bertz CT molecular complexity index is 419. The molecule has 0 aromatic rings. The molecule has 0 aromatic carbocycles. The molecule has 6 heteroatoms. The highest BCUT2D eigenvalue weighted by Gasteiger charge is 2.24. The fourth-order valence-electron chi connectivity index (χ4n) is 4.01. The van der Waals surface area contributed by atoms with Gasteiger partial charge in [0.25, 0.3) is 0 Å². The molecule has 166 valence electrons. The van der Waals surface area contributed by atoms with E-state index in [0.29, 0.717) is 24.0 Å². The second kappa shape index (κ2) is 13.4. The van der Waals surface area contributed by atoms with Gasteiger partial charge in [0.15, 0.2) is 5.96 Å². The molecule has 1 saturated heterocycles. The third-order valence-corrected chi connectivity index (χ3v) is 5.77. The summed E-state index contributed by atoms with van der Waals surface area (Å²) in [6, 6.07) is 1.70. The minimum atomic E-state index is 0.515. The number of likely N-dealkylation sites (N-methyl/N-ethyl adjacent to an activating group) is 1. The summed E-state index contributed by atoms with van der Waals surface area (Å²) in [5.41, 5.74) is 0. The maximum absolute atomic E-state index is 4.94. The molecule has 1 heterocycles. The van der Waals surface area contributed by atoms with Crippen LogP contribution < -0.4 is 10.6 Å². The van der Waals surface area contributed by atoms with Crippen molar-refractivity contribution in [2.45, 2.75) is 73.0 Å². The molecule has 0 aliphatic carbocycles. The minimum Gasteiger partial charge on any atom is -0.357 e. The van der Waals surface area contributed by atoms with Crippen molar-refractivity contribution in [3.05, 3.63) is 0 Å². The van der Waals surface area contributed by atoms with Crippen LogP contribution in [0.5, 0.6) is 0 Å². The van der Waals surface area contributed by atoms with Gasteiger partial charge in [0, 0.05) is 63.9 Å². The van der Waals surface area contributed by atoms with Gasteiger partial charge in [-0.1, -0.05) is 13.8 Å². The van der Waals surface area contributed by atoms with Gasteiger partial charge in [0.1, 0.15) is 0 Å². The van der Waals surface area contributed by atoms with Gasteiger partial charge in [-0.3, -0.25) is 14.8 Å². The summed E-state index contributed by atoms with van der Waals surface area (Å²) in [5, 5.41) is 6.96. The maximum atomic E-state index is 4.94. The van der Waals surface area contributed by atoms with Crippen LogP contribution in [-0.2, 0) is 0 Å². The largest absolute Gasteiger partial charge is 0.357 e. The Labute approximate surface area is 175 Å². The first-order valence-electron chi connectivity index (χ1n) is 11.5. The summed E-state index contributed by atoms with van der Waals surface area (Å²) >= 11 is 0. The standard InChI is InChI=1S/C22H48N6/c1-9-23-22(24-11-10-12-28(19(4)5)20(6)7)25-17-21(18(2)3)27-15-13-26(8)14-16-27/h18-21H,9-17H2,1-8H3,(H2,23,24,25). The average Bonchev–Trinajstić information content (AvgIpc) is 2.62. The van der Waals surface area contributed by atoms with Crippen molar-refractivity contribution in [3.8, 4) is 0 Å². The van der Waals surface area contributed by atoms with Crippen LogP contribution in [0.1, 0.15) is 54.9 Å². The second-order valence-corrected chi connectivity index (χ2v) is 9.08. The Morgan fingerprint density at radius 2 is 1.57 bits per heavy atom. The highest BCUT2D eigenvalue weighted by molar-refractivity contribution is 5.79. The van der Waals surface area contributed by atoms with Crippen molar-refractivity contribution >= 4 is 5.96 Å². The lowest BCUT2D eigenvalue weighted by molar-refractivity contribution is 0.0925. The van der Waals surface area contributed by atoms with Gasteiger partial charge in [-0.25, -0.2) is 0 Å². The third-order valence-electron chi connectivity index (χ3n) is 5.77. The fourth-order valence-corrected chi connectivity index (χ4v) is 4.01. The zero-order valence-electron chi connectivity index (χ0n) is 20.0. The zero-order chi connectivity index (χ0) is 21.1. The van der Waals surface area contributed by atoms with Crippen molar-refractivity contribution in [3.63, 3.8) is 0 Å². The smallest absolute Gasteiger partial charge is 0.191 e. The summed E-state index contributed by atoms with van der Waals surface area (Å²) in [6.45, 7) is 24.4. The first-order chi connectivity index (χ1) is 13.3. The second-order valence-electron chi connectivity index (χ2n) is 9.08. The molecule has 1 rings (SSSR count). The van der Waals surface area contributed by atoms with Crippen molar-refractivity contribution in [1.82, 2.24) is 25.3 Å². The summed E-state index contributed by atoms with van der Waals surface area (Å²) in [4.78, 5) is 12.5. The van der Waals surface area contributed by atoms with Gasteiger partial charge in [-0.05, 0) is 54.0 Å². The Hall–Kier alpha value is -0.850. The Morgan fingerprint density at radius 3 is 2.07 bits per heavy atom. The number of aliphatic imine (C=N–C) groups is 1. The summed E-state index contributed by atoms with van der Waals surface area (Å²) in [5.74, 6) is 1.57. The van der Waals surface area contributed by atoms with Gasteiger partial charge in [-0.15, -0.1) is 0 Å². The molecule has 6 nitrogen and oxygen atoms in total. The van der Waals surface area contributed by atoms with E-state index in [0.717, 1.165) is 64.7 Å². The quantitative estimate of drug-likeness (QED) is 0.319. The molecule has 0 saturated carbocycles.